The van der Waals surface area contributed by atoms with E-state index in [0.717, 1.165) is 4.79 Å². The molecule has 0 aliphatic rings. The normalized spacial score (nSPS) is 12.1. The third kappa shape index (κ3) is 2.99. The highest BCUT2D eigenvalue weighted by Gasteiger charge is 2.23. The van der Waals surface area contributed by atoms with Gasteiger partial charge in [-0.05, 0) is 41.8 Å². The van der Waals surface area contributed by atoms with Crippen LogP contribution < -0.4 is 4.83 Å². The zero-order valence-corrected chi connectivity index (χ0v) is 14.4. The maximum absolute atomic E-state index is 13.5. The number of hydrogen-bond donors (Lipinski definition) is 1. The van der Waals surface area contributed by atoms with Crippen molar-refractivity contribution < 1.29 is 21.6 Å². The number of halogens is 3. The highest BCUT2D eigenvalue weighted by atomic mass is 32.2. The molecule has 9 heteroatoms. The van der Waals surface area contributed by atoms with E-state index in [-0.39, 0.29) is 15.8 Å². The molecule has 0 atom stereocenters. The lowest BCUT2D eigenvalue weighted by atomic mass is 10.1. The SMILES string of the molecule is O=S(=O)(Nn1nc(C(F)F)c2ccc3cc(F)ccc3c21)c1ccccc1. The molecule has 0 radical (unpaired) electrons. The lowest BCUT2D eigenvalue weighted by molar-refractivity contribution is 0.147. The van der Waals surface area contributed by atoms with Gasteiger partial charge < -0.3 is 0 Å². The van der Waals surface area contributed by atoms with Gasteiger partial charge in [-0.2, -0.15) is 18.0 Å². The Balaban J connectivity index is 1.97. The molecular weight excluding hydrogens is 379 g/mol. The summed E-state index contributed by atoms with van der Waals surface area (Å²) in [4.78, 5) is 2.97. The Hall–Kier alpha value is -3.07. The topological polar surface area (TPSA) is 64.0 Å². The average Bonchev–Trinajstić information content (AvgIpc) is 3.00. The van der Waals surface area contributed by atoms with Crippen LogP contribution in [-0.2, 0) is 10.0 Å². The van der Waals surface area contributed by atoms with Gasteiger partial charge in [-0.1, -0.05) is 24.3 Å². The first-order valence-corrected chi connectivity index (χ1v) is 9.32. The van der Waals surface area contributed by atoms with Gasteiger partial charge in [0, 0.05) is 10.8 Å². The quantitative estimate of drug-likeness (QED) is 0.567. The van der Waals surface area contributed by atoms with Crippen LogP contribution in [0.1, 0.15) is 12.1 Å². The fourth-order valence-electron chi connectivity index (χ4n) is 2.92. The number of rotatable bonds is 4. The number of nitrogens with zero attached hydrogens (tertiary/aromatic N) is 2. The van der Waals surface area contributed by atoms with Gasteiger partial charge in [0.05, 0.1) is 4.90 Å². The highest BCUT2D eigenvalue weighted by Crippen LogP contribution is 2.32. The minimum Gasteiger partial charge on any atom is -0.207 e. The van der Waals surface area contributed by atoms with Gasteiger partial charge in [-0.15, -0.1) is 5.10 Å². The lowest BCUT2D eigenvalue weighted by Gasteiger charge is -2.10. The fraction of sp³-hybridized carbons (Fsp3) is 0.0556. The van der Waals surface area contributed by atoms with E-state index in [4.69, 9.17) is 0 Å². The summed E-state index contributed by atoms with van der Waals surface area (Å²) in [5.41, 5.74) is -0.436. The maximum atomic E-state index is 13.5. The summed E-state index contributed by atoms with van der Waals surface area (Å²) in [6.07, 6.45) is -2.91. The summed E-state index contributed by atoms with van der Waals surface area (Å²) in [6, 6.07) is 14.1. The van der Waals surface area contributed by atoms with Gasteiger partial charge in [-0.25, -0.2) is 13.2 Å². The van der Waals surface area contributed by atoms with E-state index in [9.17, 15) is 21.6 Å². The van der Waals surface area contributed by atoms with Crippen LogP contribution in [0.3, 0.4) is 0 Å². The first-order valence-electron chi connectivity index (χ1n) is 7.84. The molecule has 0 unspecified atom stereocenters. The Morgan fingerprint density at radius 3 is 2.37 bits per heavy atom. The van der Waals surface area contributed by atoms with Crippen molar-refractivity contribution >= 4 is 31.7 Å². The smallest absolute Gasteiger partial charge is 0.207 e. The summed E-state index contributed by atoms with van der Waals surface area (Å²) in [5.74, 6) is -0.494. The molecule has 138 valence electrons. The van der Waals surface area contributed by atoms with E-state index in [1.165, 1.54) is 42.5 Å². The number of fused-ring (bicyclic) bond motifs is 3. The molecule has 27 heavy (non-hydrogen) atoms. The van der Waals surface area contributed by atoms with Crippen molar-refractivity contribution in [3.63, 3.8) is 0 Å². The molecule has 4 rings (SSSR count). The van der Waals surface area contributed by atoms with E-state index in [1.54, 1.807) is 18.2 Å². The van der Waals surface area contributed by atoms with Gasteiger partial charge in [-0.3, -0.25) is 0 Å². The van der Waals surface area contributed by atoms with E-state index < -0.39 is 28.0 Å². The number of benzene rings is 3. The Labute approximate surface area is 152 Å². The molecule has 0 fully saturated rings. The van der Waals surface area contributed by atoms with Gasteiger partial charge in [0.15, 0.2) is 0 Å². The number of nitrogens with one attached hydrogen (secondary N) is 1. The van der Waals surface area contributed by atoms with Gasteiger partial charge in [0.2, 0.25) is 0 Å². The molecule has 3 aromatic carbocycles. The first-order chi connectivity index (χ1) is 12.9. The molecule has 5 nitrogen and oxygen atoms in total. The van der Waals surface area contributed by atoms with Crippen LogP contribution in [0.15, 0.2) is 65.6 Å². The van der Waals surface area contributed by atoms with E-state index in [1.807, 2.05) is 0 Å². The van der Waals surface area contributed by atoms with Crippen molar-refractivity contribution in [2.24, 2.45) is 0 Å². The summed E-state index contributed by atoms with van der Waals surface area (Å²) in [6.45, 7) is 0. The fourth-order valence-corrected chi connectivity index (χ4v) is 3.90. The molecule has 1 N–H and O–H groups in total. The maximum Gasteiger partial charge on any atom is 0.282 e. The Kier molecular flexibility index (Phi) is 4.03. The Morgan fingerprint density at radius 1 is 0.963 bits per heavy atom. The molecule has 1 heterocycles. The van der Waals surface area contributed by atoms with Crippen LogP contribution in [0, 0.1) is 5.82 Å². The first kappa shape index (κ1) is 17.3. The summed E-state index contributed by atoms with van der Waals surface area (Å²) in [5, 5.41) is 4.66. The monoisotopic (exact) mass is 391 g/mol. The van der Waals surface area contributed by atoms with E-state index in [2.05, 4.69) is 9.93 Å². The van der Waals surface area contributed by atoms with Crippen LogP contribution in [0.25, 0.3) is 21.7 Å². The van der Waals surface area contributed by atoms with Crippen molar-refractivity contribution in [2.75, 3.05) is 4.83 Å². The summed E-state index contributed by atoms with van der Waals surface area (Å²) in [7, 11) is -4.06. The Morgan fingerprint density at radius 2 is 1.67 bits per heavy atom. The molecule has 0 saturated heterocycles. The largest absolute Gasteiger partial charge is 0.282 e. The molecule has 1 aromatic heterocycles. The summed E-state index contributed by atoms with van der Waals surface area (Å²) >= 11 is 0. The predicted molar refractivity (Wildman–Crippen MR) is 95.1 cm³/mol. The third-order valence-electron chi connectivity index (χ3n) is 4.12. The number of hydrogen-bond acceptors (Lipinski definition) is 3. The molecular formula is C18H12F3N3O2S. The van der Waals surface area contributed by atoms with Gasteiger partial charge in [0.25, 0.3) is 16.4 Å². The zero-order valence-electron chi connectivity index (χ0n) is 13.6. The van der Waals surface area contributed by atoms with E-state index in [0.29, 0.717) is 10.8 Å². The van der Waals surface area contributed by atoms with E-state index >= 15 is 0 Å². The van der Waals surface area contributed by atoms with Crippen LogP contribution in [0.5, 0.6) is 0 Å². The van der Waals surface area contributed by atoms with Crippen LogP contribution >= 0.6 is 0 Å². The second-order valence-electron chi connectivity index (χ2n) is 5.83. The van der Waals surface area contributed by atoms with Crippen molar-refractivity contribution in [1.82, 2.24) is 9.89 Å². The van der Waals surface area contributed by atoms with Crippen molar-refractivity contribution in [3.05, 3.63) is 72.2 Å². The van der Waals surface area contributed by atoms with Gasteiger partial charge >= 0.3 is 0 Å². The average molecular weight is 391 g/mol. The predicted octanol–water partition coefficient (Wildman–Crippen LogP) is 4.20. The second-order valence-corrected chi connectivity index (χ2v) is 7.49. The highest BCUT2D eigenvalue weighted by molar-refractivity contribution is 7.92. The number of sulfonamides is 1. The molecule has 0 bridgehead atoms. The van der Waals surface area contributed by atoms with Crippen molar-refractivity contribution in [3.8, 4) is 0 Å². The molecule has 0 spiro atoms. The molecule has 4 aromatic rings. The lowest BCUT2D eigenvalue weighted by Crippen LogP contribution is -2.24. The number of alkyl halides is 2. The minimum atomic E-state index is -4.06. The minimum absolute atomic E-state index is 0.0430. The third-order valence-corrected chi connectivity index (χ3v) is 5.42. The van der Waals surface area contributed by atoms with Crippen molar-refractivity contribution in [1.29, 1.82) is 0 Å². The van der Waals surface area contributed by atoms with Crippen LogP contribution in [0.2, 0.25) is 0 Å². The van der Waals surface area contributed by atoms with Crippen LogP contribution in [0.4, 0.5) is 13.2 Å². The van der Waals surface area contributed by atoms with Crippen LogP contribution in [-0.4, -0.2) is 18.3 Å². The standard InChI is InChI=1S/C18H12F3N3O2S/c19-12-7-9-14-11(10-12)6-8-15-16(18(20)21)22-24(17(14)15)23-27(25,26)13-4-2-1-3-5-13/h1-10,18,23H. The second kappa shape index (κ2) is 6.27. The molecule has 0 aliphatic carbocycles. The number of aromatic nitrogens is 2. The molecule has 0 saturated carbocycles. The van der Waals surface area contributed by atoms with Crippen molar-refractivity contribution in [2.45, 2.75) is 11.3 Å². The summed E-state index contributed by atoms with van der Waals surface area (Å²) < 4.78 is 65.5. The zero-order chi connectivity index (χ0) is 19.2. The van der Waals surface area contributed by atoms with Gasteiger partial charge in [0.1, 0.15) is 17.0 Å². The Bertz CT molecular complexity index is 1260. The molecule has 0 aliphatic heterocycles. The molecule has 0 amide bonds.